The Bertz CT molecular complexity index is 400. The number of hydrogen-bond acceptors (Lipinski definition) is 3. The first-order valence-corrected chi connectivity index (χ1v) is 7.03. The van der Waals surface area contributed by atoms with Gasteiger partial charge < -0.3 is 9.47 Å². The predicted molar refractivity (Wildman–Crippen MR) is 75.7 cm³/mol. The van der Waals surface area contributed by atoms with E-state index in [1.807, 2.05) is 6.92 Å². The van der Waals surface area contributed by atoms with Crippen molar-refractivity contribution in [3.63, 3.8) is 0 Å². The summed E-state index contributed by atoms with van der Waals surface area (Å²) in [5, 5.41) is 0. The van der Waals surface area contributed by atoms with Crippen LogP contribution >= 0.6 is 15.9 Å². The molecule has 0 aromatic heterocycles. The van der Waals surface area contributed by atoms with Crippen LogP contribution in [0.1, 0.15) is 44.0 Å². The monoisotopic (exact) mass is 314 g/mol. The van der Waals surface area contributed by atoms with Crippen molar-refractivity contribution >= 4 is 22.2 Å². The molecule has 4 heteroatoms. The van der Waals surface area contributed by atoms with E-state index in [0.29, 0.717) is 23.7 Å². The zero-order valence-electron chi connectivity index (χ0n) is 11.0. The van der Waals surface area contributed by atoms with Gasteiger partial charge in [-0.05, 0) is 47.8 Å². The smallest absolute Gasteiger partial charge is 0.175 e. The molecule has 3 nitrogen and oxygen atoms in total. The summed E-state index contributed by atoms with van der Waals surface area (Å²) in [6.07, 6.45) is 2.82. The number of rotatable bonds is 7. The summed E-state index contributed by atoms with van der Waals surface area (Å²) in [6.45, 7) is 6.61. The molecule has 1 aromatic carbocycles. The van der Waals surface area contributed by atoms with Crippen LogP contribution in [0.25, 0.3) is 0 Å². The number of halogens is 1. The Morgan fingerprint density at radius 3 is 2.44 bits per heavy atom. The van der Waals surface area contributed by atoms with Gasteiger partial charge in [-0.25, -0.2) is 0 Å². The molecule has 0 aliphatic rings. The van der Waals surface area contributed by atoms with Crippen molar-refractivity contribution in [3.05, 3.63) is 22.2 Å². The summed E-state index contributed by atoms with van der Waals surface area (Å²) < 4.78 is 12.2. The molecule has 18 heavy (non-hydrogen) atoms. The van der Waals surface area contributed by atoms with Crippen molar-refractivity contribution in [1.82, 2.24) is 0 Å². The number of aldehydes is 1. The molecule has 0 N–H and O–H groups in total. The minimum absolute atomic E-state index is 0.155. The van der Waals surface area contributed by atoms with Gasteiger partial charge >= 0.3 is 0 Å². The van der Waals surface area contributed by atoms with Crippen LogP contribution in [0.3, 0.4) is 0 Å². The number of carbonyl (C=O) groups excluding carboxylic acids is 1. The number of ether oxygens (including phenoxy) is 2. The van der Waals surface area contributed by atoms with Gasteiger partial charge in [0, 0.05) is 5.56 Å². The normalized spacial score (nSPS) is 10.5. The van der Waals surface area contributed by atoms with E-state index in [-0.39, 0.29) is 6.10 Å². The Hall–Kier alpha value is -1.03. The second kappa shape index (κ2) is 7.41. The Labute approximate surface area is 117 Å². The summed E-state index contributed by atoms with van der Waals surface area (Å²) >= 11 is 3.43. The van der Waals surface area contributed by atoms with Gasteiger partial charge in [-0.1, -0.05) is 13.8 Å². The summed E-state index contributed by atoms with van der Waals surface area (Å²) in [4.78, 5) is 10.8. The van der Waals surface area contributed by atoms with Crippen molar-refractivity contribution in [1.29, 1.82) is 0 Å². The third kappa shape index (κ3) is 3.73. The van der Waals surface area contributed by atoms with E-state index in [1.165, 1.54) is 0 Å². The first-order chi connectivity index (χ1) is 8.65. The standard InChI is InChI=1S/C14H19BrO3/c1-4-11(5-2)18-14-12(15)7-10(9-16)8-13(14)17-6-3/h7-9,11H,4-6H2,1-3H3. The maximum atomic E-state index is 10.8. The first-order valence-electron chi connectivity index (χ1n) is 6.24. The molecular formula is C14H19BrO3. The molecule has 0 aliphatic heterocycles. The minimum Gasteiger partial charge on any atom is -0.490 e. The summed E-state index contributed by atoms with van der Waals surface area (Å²) in [6, 6.07) is 3.45. The fourth-order valence-electron chi connectivity index (χ4n) is 1.66. The molecular weight excluding hydrogens is 296 g/mol. The van der Waals surface area contributed by atoms with Gasteiger partial charge in [-0.3, -0.25) is 4.79 Å². The van der Waals surface area contributed by atoms with E-state index >= 15 is 0 Å². The lowest BCUT2D eigenvalue weighted by molar-refractivity contribution is 0.112. The highest BCUT2D eigenvalue weighted by Gasteiger charge is 2.15. The Morgan fingerprint density at radius 2 is 1.94 bits per heavy atom. The molecule has 0 fully saturated rings. The van der Waals surface area contributed by atoms with Gasteiger partial charge in [0.2, 0.25) is 0 Å². The molecule has 0 radical (unpaired) electrons. The van der Waals surface area contributed by atoms with Crippen LogP contribution in [0.5, 0.6) is 11.5 Å². The van der Waals surface area contributed by atoms with Crippen molar-refractivity contribution in [2.24, 2.45) is 0 Å². The molecule has 0 saturated heterocycles. The Balaban J connectivity index is 3.10. The molecule has 1 aromatic rings. The maximum absolute atomic E-state index is 10.8. The SMILES string of the molecule is CCOc1cc(C=O)cc(Br)c1OC(CC)CC. The average molecular weight is 315 g/mol. The van der Waals surface area contributed by atoms with Crippen molar-refractivity contribution < 1.29 is 14.3 Å². The lowest BCUT2D eigenvalue weighted by atomic mass is 10.2. The largest absolute Gasteiger partial charge is 0.490 e. The minimum atomic E-state index is 0.155. The number of carbonyl (C=O) groups is 1. The molecule has 0 unspecified atom stereocenters. The first kappa shape index (κ1) is 15.0. The number of hydrogen-bond donors (Lipinski definition) is 0. The maximum Gasteiger partial charge on any atom is 0.175 e. The van der Waals surface area contributed by atoms with Crippen LogP contribution < -0.4 is 9.47 Å². The Kier molecular flexibility index (Phi) is 6.19. The average Bonchev–Trinajstić information content (AvgIpc) is 2.38. The van der Waals surface area contributed by atoms with Crippen LogP contribution in [-0.4, -0.2) is 19.0 Å². The van der Waals surface area contributed by atoms with E-state index in [4.69, 9.17) is 9.47 Å². The van der Waals surface area contributed by atoms with E-state index < -0.39 is 0 Å². The van der Waals surface area contributed by atoms with E-state index in [1.54, 1.807) is 12.1 Å². The molecule has 0 aliphatic carbocycles. The summed E-state index contributed by atoms with van der Waals surface area (Å²) in [7, 11) is 0. The van der Waals surface area contributed by atoms with Gasteiger partial charge in [-0.2, -0.15) is 0 Å². The highest BCUT2D eigenvalue weighted by Crippen LogP contribution is 2.37. The quantitative estimate of drug-likeness (QED) is 0.707. The zero-order valence-corrected chi connectivity index (χ0v) is 12.6. The topological polar surface area (TPSA) is 35.5 Å². The van der Waals surface area contributed by atoms with Crippen LogP contribution in [0.2, 0.25) is 0 Å². The van der Waals surface area contributed by atoms with E-state index in [2.05, 4.69) is 29.8 Å². The van der Waals surface area contributed by atoms with Crippen LogP contribution in [0.15, 0.2) is 16.6 Å². The van der Waals surface area contributed by atoms with Crippen LogP contribution in [-0.2, 0) is 0 Å². The predicted octanol–water partition coefficient (Wildman–Crippen LogP) is 4.23. The van der Waals surface area contributed by atoms with Crippen LogP contribution in [0.4, 0.5) is 0 Å². The van der Waals surface area contributed by atoms with E-state index in [9.17, 15) is 4.79 Å². The van der Waals surface area contributed by atoms with Gasteiger partial charge in [0.1, 0.15) is 6.29 Å². The van der Waals surface area contributed by atoms with E-state index in [0.717, 1.165) is 23.6 Å². The molecule has 0 bridgehead atoms. The van der Waals surface area contributed by atoms with Gasteiger partial charge in [0.15, 0.2) is 11.5 Å². The third-order valence-electron chi connectivity index (χ3n) is 2.66. The lowest BCUT2D eigenvalue weighted by Gasteiger charge is -2.19. The highest BCUT2D eigenvalue weighted by atomic mass is 79.9. The molecule has 0 saturated carbocycles. The second-order valence-electron chi connectivity index (χ2n) is 3.94. The van der Waals surface area contributed by atoms with Gasteiger partial charge in [-0.15, -0.1) is 0 Å². The third-order valence-corrected chi connectivity index (χ3v) is 3.25. The van der Waals surface area contributed by atoms with Crippen molar-refractivity contribution in [2.45, 2.75) is 39.7 Å². The van der Waals surface area contributed by atoms with Crippen LogP contribution in [0, 0.1) is 0 Å². The Morgan fingerprint density at radius 1 is 1.28 bits per heavy atom. The molecule has 0 spiro atoms. The van der Waals surface area contributed by atoms with Gasteiger partial charge in [0.25, 0.3) is 0 Å². The zero-order chi connectivity index (χ0) is 13.5. The number of benzene rings is 1. The highest BCUT2D eigenvalue weighted by molar-refractivity contribution is 9.10. The summed E-state index contributed by atoms with van der Waals surface area (Å²) in [5.74, 6) is 1.29. The van der Waals surface area contributed by atoms with Crippen molar-refractivity contribution in [3.8, 4) is 11.5 Å². The van der Waals surface area contributed by atoms with Crippen molar-refractivity contribution in [2.75, 3.05) is 6.61 Å². The fraction of sp³-hybridized carbons (Fsp3) is 0.500. The molecule has 0 heterocycles. The fourth-order valence-corrected chi connectivity index (χ4v) is 2.21. The second-order valence-corrected chi connectivity index (χ2v) is 4.79. The molecule has 0 atom stereocenters. The lowest BCUT2D eigenvalue weighted by Crippen LogP contribution is -2.15. The molecule has 1 rings (SSSR count). The summed E-state index contributed by atoms with van der Waals surface area (Å²) in [5.41, 5.74) is 0.572. The van der Waals surface area contributed by atoms with Gasteiger partial charge in [0.05, 0.1) is 17.2 Å². The molecule has 100 valence electrons. The molecule has 0 amide bonds.